The number of aryl methyl sites for hydroxylation is 1. The first-order valence-corrected chi connectivity index (χ1v) is 7.75. The van der Waals surface area contributed by atoms with E-state index in [9.17, 15) is 9.59 Å². The maximum Gasteiger partial charge on any atom is 0.318 e. The molecule has 1 aromatic carbocycles. The number of hydrogen-bond acceptors (Lipinski definition) is 6. The summed E-state index contributed by atoms with van der Waals surface area (Å²) in [5.74, 6) is 0.310. The molecule has 0 aliphatic carbocycles. The molecule has 1 aliphatic rings. The minimum Gasteiger partial charge on any atom is -0.408 e. The summed E-state index contributed by atoms with van der Waals surface area (Å²) in [4.78, 5) is 27.5. The third-order valence-electron chi connectivity index (χ3n) is 3.78. The number of carbonyl (C=O) groups is 2. The van der Waals surface area contributed by atoms with Gasteiger partial charge in [-0.25, -0.2) is 0 Å². The molecule has 2 amide bonds. The lowest BCUT2D eigenvalue weighted by Gasteiger charge is -2.33. The van der Waals surface area contributed by atoms with Crippen LogP contribution >= 0.6 is 0 Å². The molecular formula is C16H19N5O3. The lowest BCUT2D eigenvalue weighted by molar-refractivity contribution is -0.114. The number of nitrogens with zero attached hydrogens (tertiary/aromatic N) is 4. The zero-order valence-corrected chi connectivity index (χ0v) is 13.7. The van der Waals surface area contributed by atoms with E-state index in [1.54, 1.807) is 36.1 Å². The van der Waals surface area contributed by atoms with Crippen molar-refractivity contribution in [2.75, 3.05) is 36.4 Å². The normalized spacial score (nSPS) is 14.6. The molecule has 126 valence electrons. The molecule has 8 heteroatoms. The van der Waals surface area contributed by atoms with Gasteiger partial charge in [-0.2, -0.15) is 0 Å². The summed E-state index contributed by atoms with van der Waals surface area (Å²) in [5.41, 5.74) is 1.18. The van der Waals surface area contributed by atoms with Gasteiger partial charge in [0.2, 0.25) is 11.8 Å². The largest absolute Gasteiger partial charge is 0.408 e. The predicted octanol–water partition coefficient (Wildman–Crippen LogP) is 1.30. The number of nitrogens with one attached hydrogen (secondary N) is 1. The highest BCUT2D eigenvalue weighted by molar-refractivity contribution is 5.96. The highest BCUT2D eigenvalue weighted by Gasteiger charge is 2.24. The molecule has 1 aromatic heterocycles. The average molecular weight is 329 g/mol. The quantitative estimate of drug-likeness (QED) is 0.912. The Morgan fingerprint density at radius 1 is 1.17 bits per heavy atom. The minimum atomic E-state index is -0.164. The smallest absolute Gasteiger partial charge is 0.318 e. The van der Waals surface area contributed by atoms with Crippen LogP contribution in [0.25, 0.3) is 0 Å². The second-order valence-electron chi connectivity index (χ2n) is 5.64. The maximum absolute atomic E-state index is 12.6. The standard InChI is InChI=1S/C16H19N5O3/c1-11(22)17-14-5-3-4-13(10-14)15(23)20-6-8-21(9-7-20)16-19-18-12(2)24-16/h3-5,10H,6-9H2,1-2H3,(H,17,22). The van der Waals surface area contributed by atoms with Gasteiger partial charge in [0.15, 0.2) is 0 Å². The van der Waals surface area contributed by atoms with Crippen molar-refractivity contribution >= 4 is 23.5 Å². The fraction of sp³-hybridized carbons (Fsp3) is 0.375. The van der Waals surface area contributed by atoms with Crippen molar-refractivity contribution in [3.05, 3.63) is 35.7 Å². The van der Waals surface area contributed by atoms with Gasteiger partial charge in [0.05, 0.1) is 0 Å². The second kappa shape index (κ2) is 6.69. The summed E-state index contributed by atoms with van der Waals surface area (Å²) >= 11 is 0. The average Bonchev–Trinajstić information content (AvgIpc) is 3.00. The summed E-state index contributed by atoms with van der Waals surface area (Å²) in [7, 11) is 0. The van der Waals surface area contributed by atoms with Crippen molar-refractivity contribution in [2.45, 2.75) is 13.8 Å². The van der Waals surface area contributed by atoms with E-state index in [1.807, 2.05) is 4.90 Å². The van der Waals surface area contributed by atoms with Crippen molar-refractivity contribution < 1.29 is 14.0 Å². The molecule has 1 aliphatic heterocycles. The third kappa shape index (κ3) is 3.53. The van der Waals surface area contributed by atoms with Crippen LogP contribution in [0.2, 0.25) is 0 Å². The molecule has 24 heavy (non-hydrogen) atoms. The molecule has 0 radical (unpaired) electrons. The first-order chi connectivity index (χ1) is 11.5. The fourth-order valence-electron chi connectivity index (χ4n) is 2.63. The lowest BCUT2D eigenvalue weighted by atomic mass is 10.1. The summed E-state index contributed by atoms with van der Waals surface area (Å²) in [5, 5.41) is 10.5. The number of amides is 2. The second-order valence-corrected chi connectivity index (χ2v) is 5.64. The highest BCUT2D eigenvalue weighted by Crippen LogP contribution is 2.17. The molecule has 2 heterocycles. The molecule has 8 nitrogen and oxygen atoms in total. The lowest BCUT2D eigenvalue weighted by Crippen LogP contribution is -2.49. The third-order valence-corrected chi connectivity index (χ3v) is 3.78. The van der Waals surface area contributed by atoms with E-state index >= 15 is 0 Å². The van der Waals surface area contributed by atoms with Gasteiger partial charge in [0, 0.05) is 51.3 Å². The number of hydrogen-bond donors (Lipinski definition) is 1. The van der Waals surface area contributed by atoms with Crippen LogP contribution in [0, 0.1) is 6.92 Å². The van der Waals surface area contributed by atoms with E-state index in [2.05, 4.69) is 15.5 Å². The van der Waals surface area contributed by atoms with Gasteiger partial charge in [-0.1, -0.05) is 11.2 Å². The molecule has 1 fully saturated rings. The Kier molecular flexibility index (Phi) is 4.45. The summed E-state index contributed by atoms with van der Waals surface area (Å²) in [6.45, 7) is 5.61. The molecule has 0 spiro atoms. The molecular weight excluding hydrogens is 310 g/mol. The van der Waals surface area contributed by atoms with E-state index < -0.39 is 0 Å². The Labute approximate surface area is 139 Å². The first-order valence-electron chi connectivity index (χ1n) is 7.75. The summed E-state index contributed by atoms with van der Waals surface area (Å²) in [6.07, 6.45) is 0. The maximum atomic E-state index is 12.6. The van der Waals surface area contributed by atoms with Gasteiger partial charge in [0.1, 0.15) is 0 Å². The van der Waals surface area contributed by atoms with Crippen LogP contribution in [0.1, 0.15) is 23.2 Å². The molecule has 2 aromatic rings. The topological polar surface area (TPSA) is 91.6 Å². The van der Waals surface area contributed by atoms with Crippen LogP contribution in [0.4, 0.5) is 11.7 Å². The molecule has 0 unspecified atom stereocenters. The molecule has 0 atom stereocenters. The van der Waals surface area contributed by atoms with E-state index in [1.165, 1.54) is 6.92 Å². The Morgan fingerprint density at radius 2 is 1.92 bits per heavy atom. The molecule has 1 N–H and O–H groups in total. The van der Waals surface area contributed by atoms with Crippen molar-refractivity contribution in [1.82, 2.24) is 15.1 Å². The van der Waals surface area contributed by atoms with Crippen LogP contribution < -0.4 is 10.2 Å². The summed E-state index contributed by atoms with van der Waals surface area (Å²) in [6, 6.07) is 7.45. The number of anilines is 2. The SMILES string of the molecule is CC(=O)Nc1cccc(C(=O)N2CCN(c3nnc(C)o3)CC2)c1. The van der Waals surface area contributed by atoms with E-state index in [0.29, 0.717) is 49.3 Å². The monoisotopic (exact) mass is 329 g/mol. The Balaban J connectivity index is 1.63. The molecule has 0 bridgehead atoms. The molecule has 3 rings (SSSR count). The van der Waals surface area contributed by atoms with Crippen LogP contribution in [-0.2, 0) is 4.79 Å². The fourth-order valence-corrected chi connectivity index (χ4v) is 2.63. The molecule has 0 saturated carbocycles. The van der Waals surface area contributed by atoms with E-state index in [0.717, 1.165) is 0 Å². The number of benzene rings is 1. The van der Waals surface area contributed by atoms with Crippen molar-refractivity contribution in [3.8, 4) is 0 Å². The van der Waals surface area contributed by atoms with Gasteiger partial charge < -0.3 is 19.5 Å². The zero-order chi connectivity index (χ0) is 17.1. The number of piperazine rings is 1. The van der Waals surface area contributed by atoms with Crippen LogP contribution in [0.5, 0.6) is 0 Å². The Bertz CT molecular complexity index is 750. The first kappa shape index (κ1) is 16.0. The Morgan fingerprint density at radius 3 is 2.54 bits per heavy atom. The van der Waals surface area contributed by atoms with Gasteiger partial charge in [0.25, 0.3) is 5.91 Å². The van der Waals surface area contributed by atoms with Gasteiger partial charge in [-0.15, -0.1) is 5.10 Å². The van der Waals surface area contributed by atoms with E-state index in [-0.39, 0.29) is 11.8 Å². The highest BCUT2D eigenvalue weighted by atomic mass is 16.4. The Hall–Kier alpha value is -2.90. The van der Waals surface area contributed by atoms with Crippen molar-refractivity contribution in [3.63, 3.8) is 0 Å². The zero-order valence-electron chi connectivity index (χ0n) is 13.7. The molecule has 1 saturated heterocycles. The van der Waals surface area contributed by atoms with Gasteiger partial charge in [-0.3, -0.25) is 9.59 Å². The van der Waals surface area contributed by atoms with Crippen molar-refractivity contribution in [1.29, 1.82) is 0 Å². The van der Waals surface area contributed by atoms with Crippen LogP contribution in [0.15, 0.2) is 28.7 Å². The number of aromatic nitrogens is 2. The predicted molar refractivity (Wildman–Crippen MR) is 87.9 cm³/mol. The van der Waals surface area contributed by atoms with Crippen LogP contribution in [-0.4, -0.2) is 53.1 Å². The van der Waals surface area contributed by atoms with Crippen LogP contribution in [0.3, 0.4) is 0 Å². The van der Waals surface area contributed by atoms with Gasteiger partial charge >= 0.3 is 6.01 Å². The van der Waals surface area contributed by atoms with Crippen molar-refractivity contribution in [2.24, 2.45) is 0 Å². The van der Waals surface area contributed by atoms with Gasteiger partial charge in [-0.05, 0) is 18.2 Å². The number of rotatable bonds is 3. The van der Waals surface area contributed by atoms with E-state index in [4.69, 9.17) is 4.42 Å². The minimum absolute atomic E-state index is 0.0523. The number of carbonyl (C=O) groups excluding carboxylic acids is 2. The summed E-state index contributed by atoms with van der Waals surface area (Å²) < 4.78 is 5.42.